The van der Waals surface area contributed by atoms with Gasteiger partial charge in [0.05, 0.1) is 0 Å². The zero-order valence-corrected chi connectivity index (χ0v) is 13.2. The Morgan fingerprint density at radius 2 is 2.00 bits per heavy atom. The molecule has 1 aliphatic rings. The van der Waals surface area contributed by atoms with Crippen LogP contribution in [0.1, 0.15) is 43.2 Å². The number of likely N-dealkylation sites (tertiary alicyclic amines) is 1. The second kappa shape index (κ2) is 7.07. The molecule has 1 fully saturated rings. The van der Waals surface area contributed by atoms with Crippen LogP contribution in [0.3, 0.4) is 0 Å². The molecule has 2 atom stereocenters. The van der Waals surface area contributed by atoms with Crippen molar-refractivity contribution in [1.82, 2.24) is 14.9 Å². The minimum atomic E-state index is -0.455. The molecule has 3 rings (SSSR count). The SMILES string of the molecule is C[C@@H](CN1CCC([C@H](O)c2ncc[nH]2)CC1)c1ccccc1. The third kappa shape index (κ3) is 3.57. The van der Waals surface area contributed by atoms with E-state index in [4.69, 9.17) is 0 Å². The number of aromatic nitrogens is 2. The Kier molecular flexibility index (Phi) is 4.90. The minimum absolute atomic E-state index is 0.314. The first-order chi connectivity index (χ1) is 10.7. The summed E-state index contributed by atoms with van der Waals surface area (Å²) in [5.74, 6) is 1.57. The number of hydrogen-bond acceptors (Lipinski definition) is 3. The number of aromatic amines is 1. The van der Waals surface area contributed by atoms with E-state index in [1.165, 1.54) is 5.56 Å². The van der Waals surface area contributed by atoms with Crippen molar-refractivity contribution in [2.75, 3.05) is 19.6 Å². The highest BCUT2D eigenvalue weighted by molar-refractivity contribution is 5.19. The summed E-state index contributed by atoms with van der Waals surface area (Å²) < 4.78 is 0. The lowest BCUT2D eigenvalue weighted by molar-refractivity contribution is 0.0523. The Morgan fingerprint density at radius 3 is 2.64 bits per heavy atom. The summed E-state index contributed by atoms with van der Waals surface area (Å²) in [4.78, 5) is 9.72. The van der Waals surface area contributed by atoms with Gasteiger partial charge in [0.25, 0.3) is 0 Å². The van der Waals surface area contributed by atoms with Crippen molar-refractivity contribution in [2.45, 2.75) is 31.8 Å². The fourth-order valence-electron chi connectivity index (χ4n) is 3.39. The molecule has 4 nitrogen and oxygen atoms in total. The summed E-state index contributed by atoms with van der Waals surface area (Å²) in [6.07, 6.45) is 5.08. The molecule has 1 aromatic heterocycles. The fourth-order valence-corrected chi connectivity index (χ4v) is 3.39. The lowest BCUT2D eigenvalue weighted by Gasteiger charge is -2.35. The van der Waals surface area contributed by atoms with Gasteiger partial charge >= 0.3 is 0 Å². The Hall–Kier alpha value is -1.65. The van der Waals surface area contributed by atoms with E-state index < -0.39 is 6.10 Å². The van der Waals surface area contributed by atoms with Gasteiger partial charge in [-0.25, -0.2) is 4.98 Å². The molecule has 0 spiro atoms. The van der Waals surface area contributed by atoms with Crippen LogP contribution in [-0.2, 0) is 0 Å². The van der Waals surface area contributed by atoms with E-state index in [9.17, 15) is 5.11 Å². The number of H-pyrrole nitrogens is 1. The normalized spacial score (nSPS) is 19.9. The van der Waals surface area contributed by atoms with Gasteiger partial charge < -0.3 is 15.0 Å². The Bertz CT molecular complexity index is 547. The van der Waals surface area contributed by atoms with E-state index in [1.807, 2.05) is 0 Å². The molecule has 2 heterocycles. The molecule has 0 amide bonds. The van der Waals surface area contributed by atoms with Crippen LogP contribution in [0.15, 0.2) is 42.7 Å². The van der Waals surface area contributed by atoms with E-state index >= 15 is 0 Å². The van der Waals surface area contributed by atoms with Crippen LogP contribution in [0.4, 0.5) is 0 Å². The van der Waals surface area contributed by atoms with Crippen LogP contribution >= 0.6 is 0 Å². The van der Waals surface area contributed by atoms with Crippen LogP contribution < -0.4 is 0 Å². The maximum Gasteiger partial charge on any atom is 0.135 e. The van der Waals surface area contributed by atoms with Gasteiger partial charge in [0.2, 0.25) is 0 Å². The number of nitrogens with zero attached hydrogens (tertiary/aromatic N) is 2. The second-order valence-electron chi connectivity index (χ2n) is 6.37. The van der Waals surface area contributed by atoms with Gasteiger partial charge in [-0.05, 0) is 43.3 Å². The van der Waals surface area contributed by atoms with Gasteiger partial charge in [-0.2, -0.15) is 0 Å². The maximum atomic E-state index is 10.4. The molecule has 22 heavy (non-hydrogen) atoms. The Morgan fingerprint density at radius 1 is 1.27 bits per heavy atom. The molecule has 1 aromatic carbocycles. The van der Waals surface area contributed by atoms with Gasteiger partial charge in [0.15, 0.2) is 0 Å². The molecular weight excluding hydrogens is 274 g/mol. The van der Waals surface area contributed by atoms with Gasteiger partial charge in [-0.15, -0.1) is 0 Å². The van der Waals surface area contributed by atoms with Gasteiger partial charge in [-0.3, -0.25) is 0 Å². The number of nitrogens with one attached hydrogen (secondary N) is 1. The first-order valence-corrected chi connectivity index (χ1v) is 8.18. The number of benzene rings is 1. The quantitative estimate of drug-likeness (QED) is 0.892. The molecule has 2 N–H and O–H groups in total. The van der Waals surface area contributed by atoms with Crippen LogP contribution in [0.2, 0.25) is 0 Å². The zero-order valence-electron chi connectivity index (χ0n) is 13.2. The molecule has 0 radical (unpaired) electrons. The van der Waals surface area contributed by atoms with Crippen molar-refractivity contribution in [3.05, 3.63) is 54.1 Å². The number of aliphatic hydroxyl groups is 1. The van der Waals surface area contributed by atoms with Crippen molar-refractivity contribution >= 4 is 0 Å². The summed E-state index contributed by atoms with van der Waals surface area (Å²) in [6, 6.07) is 10.7. The molecular formula is C18H25N3O. The lowest BCUT2D eigenvalue weighted by atomic mass is 9.90. The third-order valence-electron chi connectivity index (χ3n) is 4.78. The number of imidazole rings is 1. The molecule has 0 unspecified atom stereocenters. The van der Waals surface area contributed by atoms with E-state index in [0.717, 1.165) is 32.5 Å². The summed E-state index contributed by atoms with van der Waals surface area (Å²) in [6.45, 7) is 5.49. The first kappa shape index (κ1) is 15.3. The zero-order chi connectivity index (χ0) is 15.4. The van der Waals surface area contributed by atoms with Crippen LogP contribution in [0.5, 0.6) is 0 Å². The number of piperidine rings is 1. The van der Waals surface area contributed by atoms with Crippen molar-refractivity contribution in [3.63, 3.8) is 0 Å². The second-order valence-corrected chi connectivity index (χ2v) is 6.37. The van der Waals surface area contributed by atoms with E-state index in [1.54, 1.807) is 12.4 Å². The van der Waals surface area contributed by atoms with Crippen LogP contribution in [-0.4, -0.2) is 39.6 Å². The fraction of sp³-hybridized carbons (Fsp3) is 0.500. The number of rotatable bonds is 5. The molecule has 1 aliphatic heterocycles. The van der Waals surface area contributed by atoms with E-state index in [-0.39, 0.29) is 0 Å². The predicted molar refractivity (Wildman–Crippen MR) is 87.6 cm³/mol. The molecule has 118 valence electrons. The van der Waals surface area contributed by atoms with Crippen molar-refractivity contribution < 1.29 is 5.11 Å². The van der Waals surface area contributed by atoms with Gasteiger partial charge in [-0.1, -0.05) is 37.3 Å². The molecule has 0 saturated carbocycles. The molecule has 4 heteroatoms. The standard InChI is InChI=1S/C18H25N3O/c1-14(15-5-3-2-4-6-15)13-21-11-7-16(8-12-21)17(22)18-19-9-10-20-18/h2-6,9-10,14,16-17,22H,7-8,11-13H2,1H3,(H,19,20)/t14-,17-/m0/s1. The van der Waals surface area contributed by atoms with Gasteiger partial charge in [0, 0.05) is 18.9 Å². The molecule has 0 bridgehead atoms. The molecule has 2 aromatic rings. The van der Waals surface area contributed by atoms with E-state index in [0.29, 0.717) is 17.7 Å². The highest BCUT2D eigenvalue weighted by Crippen LogP contribution is 2.29. The predicted octanol–water partition coefficient (Wildman–Crippen LogP) is 2.96. The Balaban J connectivity index is 1.50. The topological polar surface area (TPSA) is 52.1 Å². The highest BCUT2D eigenvalue weighted by Gasteiger charge is 2.28. The summed E-state index contributed by atoms with van der Waals surface area (Å²) in [5, 5.41) is 10.4. The first-order valence-electron chi connectivity index (χ1n) is 8.18. The number of hydrogen-bond donors (Lipinski definition) is 2. The minimum Gasteiger partial charge on any atom is -0.385 e. The summed E-state index contributed by atoms with van der Waals surface area (Å²) >= 11 is 0. The van der Waals surface area contributed by atoms with Crippen molar-refractivity contribution in [3.8, 4) is 0 Å². The maximum absolute atomic E-state index is 10.4. The molecule has 0 aliphatic carbocycles. The average Bonchev–Trinajstić information content (AvgIpc) is 3.10. The average molecular weight is 299 g/mol. The van der Waals surface area contributed by atoms with Crippen LogP contribution in [0, 0.1) is 5.92 Å². The highest BCUT2D eigenvalue weighted by atomic mass is 16.3. The molecule has 1 saturated heterocycles. The largest absolute Gasteiger partial charge is 0.385 e. The summed E-state index contributed by atoms with van der Waals surface area (Å²) in [5.41, 5.74) is 1.40. The lowest BCUT2D eigenvalue weighted by Crippen LogP contribution is -2.37. The third-order valence-corrected chi connectivity index (χ3v) is 4.78. The van der Waals surface area contributed by atoms with Gasteiger partial charge in [0.1, 0.15) is 11.9 Å². The van der Waals surface area contributed by atoms with E-state index in [2.05, 4.69) is 52.1 Å². The monoisotopic (exact) mass is 299 g/mol. The van der Waals surface area contributed by atoms with Crippen LogP contribution in [0.25, 0.3) is 0 Å². The van der Waals surface area contributed by atoms with Crippen molar-refractivity contribution in [1.29, 1.82) is 0 Å². The number of aliphatic hydroxyl groups excluding tert-OH is 1. The smallest absolute Gasteiger partial charge is 0.135 e. The Labute approximate surface area is 132 Å². The summed E-state index contributed by atoms with van der Waals surface area (Å²) in [7, 11) is 0. The van der Waals surface area contributed by atoms with Crippen molar-refractivity contribution in [2.24, 2.45) is 5.92 Å².